The van der Waals surface area contributed by atoms with Crippen LogP contribution in [0.1, 0.15) is 6.42 Å². The molecular formula is C7H13BO3. The van der Waals surface area contributed by atoms with Crippen LogP contribution < -0.4 is 0 Å². The molecule has 4 heteroatoms. The van der Waals surface area contributed by atoms with Crippen LogP contribution in [-0.4, -0.2) is 42.0 Å². The summed E-state index contributed by atoms with van der Waals surface area (Å²) in [4.78, 5) is 0. The van der Waals surface area contributed by atoms with Gasteiger partial charge in [0.1, 0.15) is 7.85 Å². The molecule has 2 rings (SSSR count). The predicted octanol–water partition coefficient (Wildman–Crippen LogP) is -1.86. The third-order valence-electron chi connectivity index (χ3n) is 3.56. The van der Waals surface area contributed by atoms with Crippen LogP contribution in [0.4, 0.5) is 0 Å². The molecule has 3 N–H and O–H groups in total. The first-order chi connectivity index (χ1) is 5.13. The van der Waals surface area contributed by atoms with E-state index in [0.29, 0.717) is 5.92 Å². The maximum Gasteiger partial charge on any atom is 0.109 e. The highest BCUT2D eigenvalue weighted by atomic mass is 16.3. The Bertz CT molecular complexity index is 185. The lowest BCUT2D eigenvalue weighted by Crippen LogP contribution is -2.33. The number of aliphatic hydroxyl groups excluding tert-OH is 3. The Balaban J connectivity index is 2.21. The fraction of sp³-hybridized carbons (Fsp3) is 1.00. The summed E-state index contributed by atoms with van der Waals surface area (Å²) in [5.74, 6) is 0.495. The molecule has 11 heavy (non-hydrogen) atoms. The van der Waals surface area contributed by atoms with Crippen molar-refractivity contribution in [3.05, 3.63) is 0 Å². The van der Waals surface area contributed by atoms with Crippen LogP contribution in [0, 0.1) is 11.3 Å². The molecule has 2 aliphatic carbocycles. The Kier molecular flexibility index (Phi) is 1.38. The van der Waals surface area contributed by atoms with E-state index >= 15 is 0 Å². The average molecular weight is 156 g/mol. The van der Waals surface area contributed by atoms with Crippen LogP contribution in [0.5, 0.6) is 0 Å². The summed E-state index contributed by atoms with van der Waals surface area (Å²) < 4.78 is 0. The van der Waals surface area contributed by atoms with Crippen LogP contribution in [0.2, 0.25) is 5.82 Å². The number of aliphatic hydroxyl groups is 3. The van der Waals surface area contributed by atoms with E-state index in [9.17, 15) is 10.2 Å². The van der Waals surface area contributed by atoms with E-state index < -0.39 is 12.2 Å². The molecule has 2 fully saturated rings. The molecule has 0 saturated heterocycles. The molecule has 0 aliphatic heterocycles. The van der Waals surface area contributed by atoms with Crippen molar-refractivity contribution >= 4 is 7.85 Å². The smallest absolute Gasteiger partial charge is 0.109 e. The summed E-state index contributed by atoms with van der Waals surface area (Å²) >= 11 is 0. The van der Waals surface area contributed by atoms with E-state index in [-0.39, 0.29) is 17.8 Å². The van der Waals surface area contributed by atoms with Crippen molar-refractivity contribution in [1.29, 1.82) is 0 Å². The second kappa shape index (κ2) is 2.00. The minimum absolute atomic E-state index is 0.0141. The maximum absolute atomic E-state index is 9.52. The first-order valence-electron chi connectivity index (χ1n) is 4.10. The number of fused-ring (bicyclic) bond motifs is 1. The molecule has 3 nitrogen and oxygen atoms in total. The molecule has 2 aliphatic rings. The van der Waals surface area contributed by atoms with Gasteiger partial charge in [0.15, 0.2) is 0 Å². The standard InChI is InChI=1S/C7H13BO3/c8-4-3-1-7(3,2-9)6(11)5(4)10/h3-6,9-11H,1-2,8H2/t3-,4-,5+,6+,7+/m1/s1. The lowest BCUT2D eigenvalue weighted by atomic mass is 9.81. The number of hydrogen-bond acceptors (Lipinski definition) is 3. The molecule has 0 amide bonds. The molecule has 2 saturated carbocycles. The summed E-state index contributed by atoms with van der Waals surface area (Å²) in [5, 5.41) is 27.9. The SMILES string of the molecule is B[C@H]1[C@H](O)[C@H](O)[C@]2(CO)C[C@H]12. The summed E-state index contributed by atoms with van der Waals surface area (Å²) in [6.45, 7) is 0.0141. The van der Waals surface area contributed by atoms with E-state index in [0.717, 1.165) is 6.42 Å². The first-order valence-corrected chi connectivity index (χ1v) is 4.10. The Labute approximate surface area is 66.5 Å². The molecule has 0 spiro atoms. The number of hydrogen-bond donors (Lipinski definition) is 3. The van der Waals surface area contributed by atoms with Gasteiger partial charge >= 0.3 is 0 Å². The van der Waals surface area contributed by atoms with Gasteiger partial charge in [0.05, 0.1) is 18.8 Å². The minimum atomic E-state index is -0.701. The fourth-order valence-electron chi connectivity index (χ4n) is 2.54. The van der Waals surface area contributed by atoms with Gasteiger partial charge in [0.2, 0.25) is 0 Å². The van der Waals surface area contributed by atoms with Crippen molar-refractivity contribution in [3.63, 3.8) is 0 Å². The van der Waals surface area contributed by atoms with Crippen molar-refractivity contribution < 1.29 is 15.3 Å². The van der Waals surface area contributed by atoms with Gasteiger partial charge in [-0.3, -0.25) is 0 Å². The van der Waals surface area contributed by atoms with Crippen molar-refractivity contribution in [2.45, 2.75) is 24.4 Å². The van der Waals surface area contributed by atoms with Gasteiger partial charge in [-0.15, -0.1) is 0 Å². The lowest BCUT2D eigenvalue weighted by molar-refractivity contribution is -0.0181. The summed E-state index contributed by atoms with van der Waals surface area (Å²) in [6, 6.07) is 0. The van der Waals surface area contributed by atoms with Crippen LogP contribution in [0.3, 0.4) is 0 Å². The lowest BCUT2D eigenvalue weighted by Gasteiger charge is -2.20. The molecule has 0 heterocycles. The van der Waals surface area contributed by atoms with Gasteiger partial charge < -0.3 is 15.3 Å². The van der Waals surface area contributed by atoms with E-state index in [1.807, 2.05) is 7.85 Å². The predicted molar refractivity (Wildman–Crippen MR) is 41.9 cm³/mol. The molecule has 0 unspecified atom stereocenters. The molecule has 0 aromatic carbocycles. The van der Waals surface area contributed by atoms with Crippen molar-refractivity contribution in [1.82, 2.24) is 0 Å². The van der Waals surface area contributed by atoms with Crippen molar-refractivity contribution in [3.8, 4) is 0 Å². The Hall–Kier alpha value is -0.0551. The molecule has 0 aromatic heterocycles. The summed E-state index contributed by atoms with van der Waals surface area (Å²) in [6.07, 6.45) is -0.448. The van der Waals surface area contributed by atoms with Crippen LogP contribution in [0.25, 0.3) is 0 Å². The monoisotopic (exact) mass is 156 g/mol. The van der Waals surface area contributed by atoms with Crippen LogP contribution in [0.15, 0.2) is 0 Å². The topological polar surface area (TPSA) is 60.7 Å². The highest BCUT2D eigenvalue weighted by Crippen LogP contribution is 2.67. The summed E-state index contributed by atoms with van der Waals surface area (Å²) in [5.41, 5.74) is -0.334. The van der Waals surface area contributed by atoms with Crippen molar-refractivity contribution in [2.75, 3.05) is 6.61 Å². The first kappa shape index (κ1) is 7.59. The molecular weight excluding hydrogens is 143 g/mol. The van der Waals surface area contributed by atoms with Gasteiger partial charge in [-0.1, -0.05) is 0 Å². The normalized spacial score (nSPS) is 61.0. The quantitative estimate of drug-likeness (QED) is 0.390. The van der Waals surface area contributed by atoms with Gasteiger partial charge in [-0.25, -0.2) is 0 Å². The molecule has 62 valence electrons. The molecule has 0 bridgehead atoms. The van der Waals surface area contributed by atoms with E-state index in [1.165, 1.54) is 0 Å². The second-order valence-corrected chi connectivity index (χ2v) is 4.00. The third-order valence-corrected chi connectivity index (χ3v) is 3.56. The van der Waals surface area contributed by atoms with E-state index in [2.05, 4.69) is 0 Å². The highest BCUT2D eigenvalue weighted by Gasteiger charge is 2.68. The molecule has 5 atom stereocenters. The Morgan fingerprint density at radius 2 is 2.09 bits per heavy atom. The van der Waals surface area contributed by atoms with Crippen molar-refractivity contribution in [2.24, 2.45) is 11.3 Å². The Morgan fingerprint density at radius 1 is 1.45 bits per heavy atom. The summed E-state index contributed by atoms with van der Waals surface area (Å²) in [7, 11) is 1.93. The van der Waals surface area contributed by atoms with Gasteiger partial charge in [0.25, 0.3) is 0 Å². The Morgan fingerprint density at radius 3 is 2.36 bits per heavy atom. The second-order valence-electron chi connectivity index (χ2n) is 4.00. The zero-order valence-electron chi connectivity index (χ0n) is 6.57. The zero-order chi connectivity index (χ0) is 8.22. The van der Waals surface area contributed by atoms with E-state index in [1.54, 1.807) is 0 Å². The zero-order valence-corrected chi connectivity index (χ0v) is 6.57. The van der Waals surface area contributed by atoms with Crippen LogP contribution >= 0.6 is 0 Å². The van der Waals surface area contributed by atoms with Gasteiger partial charge in [-0.05, 0) is 18.2 Å². The van der Waals surface area contributed by atoms with Gasteiger partial charge in [-0.2, -0.15) is 0 Å². The number of rotatable bonds is 1. The van der Waals surface area contributed by atoms with Crippen LogP contribution in [-0.2, 0) is 0 Å². The maximum atomic E-state index is 9.52. The van der Waals surface area contributed by atoms with E-state index in [4.69, 9.17) is 5.11 Å². The minimum Gasteiger partial charge on any atom is -0.396 e. The fourth-order valence-corrected chi connectivity index (χ4v) is 2.54. The molecule has 0 radical (unpaired) electrons. The third kappa shape index (κ3) is 0.700. The molecule has 0 aromatic rings. The largest absolute Gasteiger partial charge is 0.396 e. The van der Waals surface area contributed by atoms with Gasteiger partial charge in [0, 0.05) is 5.41 Å². The average Bonchev–Trinajstić information content (AvgIpc) is 2.71. The highest BCUT2D eigenvalue weighted by molar-refractivity contribution is 6.13.